The van der Waals surface area contributed by atoms with E-state index in [0.29, 0.717) is 12.0 Å². The van der Waals surface area contributed by atoms with Crippen LogP contribution in [0.1, 0.15) is 37.4 Å². The number of ether oxygens (including phenoxy) is 1. The second-order valence-electron chi connectivity index (χ2n) is 6.71. The number of aryl methyl sites for hydroxylation is 1. The van der Waals surface area contributed by atoms with E-state index in [0.717, 1.165) is 32.7 Å². The number of fused-ring (bicyclic) bond motifs is 1. The largest absolute Gasteiger partial charge is 0.379 e. The summed E-state index contributed by atoms with van der Waals surface area (Å²) >= 11 is 0. The van der Waals surface area contributed by atoms with E-state index < -0.39 is 0 Å². The molecule has 0 spiro atoms. The van der Waals surface area contributed by atoms with Crippen LogP contribution in [-0.2, 0) is 11.2 Å². The number of hydrogen-bond donors (Lipinski definition) is 1. The average molecular weight is 289 g/mol. The maximum Gasteiger partial charge on any atom is 0.0594 e. The SMILES string of the molecule is CNC(C1CCc2cccnc21)C(C)(C)N1CCOCC1. The van der Waals surface area contributed by atoms with Crippen molar-refractivity contribution in [2.24, 2.45) is 0 Å². The van der Waals surface area contributed by atoms with E-state index in [-0.39, 0.29) is 5.54 Å². The minimum absolute atomic E-state index is 0.0995. The summed E-state index contributed by atoms with van der Waals surface area (Å²) in [7, 11) is 2.09. The van der Waals surface area contributed by atoms with Crippen molar-refractivity contribution >= 4 is 0 Å². The fourth-order valence-electron chi connectivity index (χ4n) is 4.15. The van der Waals surface area contributed by atoms with Crippen LogP contribution in [0.5, 0.6) is 0 Å². The first-order valence-electron chi connectivity index (χ1n) is 8.08. The van der Waals surface area contributed by atoms with Crippen LogP contribution < -0.4 is 5.32 Å². The third kappa shape index (κ3) is 2.72. The Morgan fingerprint density at radius 2 is 2.14 bits per heavy atom. The minimum atomic E-state index is 0.0995. The lowest BCUT2D eigenvalue weighted by molar-refractivity contribution is -0.0260. The summed E-state index contributed by atoms with van der Waals surface area (Å²) in [4.78, 5) is 7.25. The maximum absolute atomic E-state index is 5.52. The number of nitrogens with zero attached hydrogens (tertiary/aromatic N) is 2. The predicted molar refractivity (Wildman–Crippen MR) is 84.6 cm³/mol. The maximum atomic E-state index is 5.52. The van der Waals surface area contributed by atoms with Gasteiger partial charge in [0.1, 0.15) is 0 Å². The molecule has 0 bridgehead atoms. The Bertz CT molecular complexity index is 483. The van der Waals surface area contributed by atoms with Gasteiger partial charge in [0, 0.05) is 42.5 Å². The summed E-state index contributed by atoms with van der Waals surface area (Å²) in [6.45, 7) is 8.46. The fourth-order valence-corrected chi connectivity index (χ4v) is 4.15. The summed E-state index contributed by atoms with van der Waals surface area (Å²) in [5, 5.41) is 3.60. The Morgan fingerprint density at radius 3 is 2.86 bits per heavy atom. The Balaban J connectivity index is 1.84. The van der Waals surface area contributed by atoms with E-state index in [4.69, 9.17) is 4.74 Å². The summed E-state index contributed by atoms with van der Waals surface area (Å²) in [6, 6.07) is 4.70. The first-order valence-corrected chi connectivity index (χ1v) is 8.08. The molecular formula is C17H27N3O. The molecule has 1 aliphatic carbocycles. The highest BCUT2D eigenvalue weighted by atomic mass is 16.5. The van der Waals surface area contributed by atoms with Crippen molar-refractivity contribution in [3.63, 3.8) is 0 Å². The Morgan fingerprint density at radius 1 is 1.38 bits per heavy atom. The van der Waals surface area contributed by atoms with Crippen molar-refractivity contribution in [1.29, 1.82) is 0 Å². The van der Waals surface area contributed by atoms with Crippen LogP contribution in [0.25, 0.3) is 0 Å². The molecule has 116 valence electrons. The zero-order valence-corrected chi connectivity index (χ0v) is 13.4. The van der Waals surface area contributed by atoms with Crippen molar-refractivity contribution in [3.05, 3.63) is 29.6 Å². The molecular weight excluding hydrogens is 262 g/mol. The van der Waals surface area contributed by atoms with E-state index in [1.807, 2.05) is 6.20 Å². The van der Waals surface area contributed by atoms with E-state index in [1.54, 1.807) is 0 Å². The standard InChI is InChI=1S/C17H27N3O/c1-17(2,20-9-11-21-12-10-20)16(18-3)14-7-6-13-5-4-8-19-15(13)14/h4-5,8,14,16,18H,6-7,9-12H2,1-3H3. The quantitative estimate of drug-likeness (QED) is 0.917. The molecule has 2 heterocycles. The molecule has 1 aliphatic heterocycles. The first-order chi connectivity index (χ1) is 10.1. The summed E-state index contributed by atoms with van der Waals surface area (Å²) in [6.07, 6.45) is 4.29. The number of nitrogens with one attached hydrogen (secondary N) is 1. The van der Waals surface area contributed by atoms with E-state index in [9.17, 15) is 0 Å². The second kappa shape index (κ2) is 6.03. The van der Waals surface area contributed by atoms with E-state index in [1.165, 1.54) is 17.7 Å². The molecule has 3 rings (SSSR count). The lowest BCUT2D eigenvalue weighted by atomic mass is 9.81. The smallest absolute Gasteiger partial charge is 0.0594 e. The molecule has 4 heteroatoms. The molecule has 1 fully saturated rings. The molecule has 4 nitrogen and oxygen atoms in total. The van der Waals surface area contributed by atoms with E-state index in [2.05, 4.69) is 48.2 Å². The van der Waals surface area contributed by atoms with Crippen molar-refractivity contribution in [1.82, 2.24) is 15.2 Å². The molecule has 2 aliphatic rings. The molecule has 1 N–H and O–H groups in total. The van der Waals surface area contributed by atoms with Gasteiger partial charge in [0.05, 0.1) is 13.2 Å². The van der Waals surface area contributed by atoms with Crippen LogP contribution in [0.4, 0.5) is 0 Å². The van der Waals surface area contributed by atoms with Gasteiger partial charge >= 0.3 is 0 Å². The molecule has 2 unspecified atom stereocenters. The Kier molecular flexibility index (Phi) is 4.29. The highest BCUT2D eigenvalue weighted by molar-refractivity contribution is 5.31. The van der Waals surface area contributed by atoms with Crippen LogP contribution in [0.15, 0.2) is 18.3 Å². The summed E-state index contributed by atoms with van der Waals surface area (Å²) in [5.74, 6) is 0.504. The third-order valence-corrected chi connectivity index (χ3v) is 5.30. The lowest BCUT2D eigenvalue weighted by Gasteiger charge is -2.47. The lowest BCUT2D eigenvalue weighted by Crippen LogP contribution is -2.61. The molecule has 2 atom stereocenters. The monoisotopic (exact) mass is 289 g/mol. The van der Waals surface area contributed by atoms with Gasteiger partial charge < -0.3 is 10.1 Å². The van der Waals surface area contributed by atoms with Crippen LogP contribution in [0.2, 0.25) is 0 Å². The van der Waals surface area contributed by atoms with Crippen molar-refractivity contribution < 1.29 is 4.74 Å². The Hall–Kier alpha value is -0.970. The highest BCUT2D eigenvalue weighted by Gasteiger charge is 2.42. The first kappa shape index (κ1) is 14.9. The van der Waals surface area contributed by atoms with Gasteiger partial charge in [-0.3, -0.25) is 9.88 Å². The molecule has 0 aromatic carbocycles. The van der Waals surface area contributed by atoms with Crippen LogP contribution >= 0.6 is 0 Å². The second-order valence-corrected chi connectivity index (χ2v) is 6.71. The molecule has 1 aromatic rings. The molecule has 21 heavy (non-hydrogen) atoms. The van der Waals surface area contributed by atoms with Crippen LogP contribution in [0, 0.1) is 0 Å². The molecule has 1 saturated heterocycles. The minimum Gasteiger partial charge on any atom is -0.379 e. The third-order valence-electron chi connectivity index (χ3n) is 5.30. The summed E-state index contributed by atoms with van der Waals surface area (Å²) in [5.41, 5.74) is 2.83. The zero-order chi connectivity index (χ0) is 14.9. The number of morpholine rings is 1. The Labute approximate surface area is 127 Å². The molecule has 1 aromatic heterocycles. The van der Waals surface area contributed by atoms with Crippen molar-refractivity contribution in [2.45, 2.75) is 44.2 Å². The predicted octanol–water partition coefficient (Wildman–Crippen LogP) is 1.81. The van der Waals surface area contributed by atoms with Gasteiger partial charge in [-0.2, -0.15) is 0 Å². The normalized spacial score (nSPS) is 24.8. The van der Waals surface area contributed by atoms with Crippen molar-refractivity contribution in [2.75, 3.05) is 33.4 Å². The average Bonchev–Trinajstić information content (AvgIpc) is 2.93. The number of aromatic nitrogens is 1. The van der Waals surface area contributed by atoms with Gasteiger partial charge in [-0.05, 0) is 45.4 Å². The van der Waals surface area contributed by atoms with Crippen LogP contribution in [0.3, 0.4) is 0 Å². The number of hydrogen-bond acceptors (Lipinski definition) is 4. The van der Waals surface area contributed by atoms with E-state index >= 15 is 0 Å². The molecule has 0 radical (unpaired) electrons. The topological polar surface area (TPSA) is 37.4 Å². The van der Waals surface area contributed by atoms with Gasteiger partial charge in [0.25, 0.3) is 0 Å². The van der Waals surface area contributed by atoms with Crippen LogP contribution in [-0.4, -0.2) is 54.8 Å². The fraction of sp³-hybridized carbons (Fsp3) is 0.706. The zero-order valence-electron chi connectivity index (χ0n) is 13.4. The van der Waals surface area contributed by atoms with Gasteiger partial charge in [-0.15, -0.1) is 0 Å². The number of pyridine rings is 1. The van der Waals surface area contributed by atoms with Crippen molar-refractivity contribution in [3.8, 4) is 0 Å². The summed E-state index contributed by atoms with van der Waals surface area (Å²) < 4.78 is 5.52. The van der Waals surface area contributed by atoms with Gasteiger partial charge in [0.2, 0.25) is 0 Å². The van der Waals surface area contributed by atoms with Gasteiger partial charge in [-0.25, -0.2) is 0 Å². The molecule has 0 saturated carbocycles. The number of likely N-dealkylation sites (N-methyl/N-ethyl adjacent to an activating group) is 1. The van der Waals surface area contributed by atoms with Gasteiger partial charge in [0.15, 0.2) is 0 Å². The highest BCUT2D eigenvalue weighted by Crippen LogP contribution is 2.39. The number of rotatable bonds is 4. The molecule has 0 amide bonds. The van der Waals surface area contributed by atoms with Gasteiger partial charge in [-0.1, -0.05) is 6.07 Å².